The highest BCUT2D eigenvalue weighted by Gasteiger charge is 2.38. The van der Waals surface area contributed by atoms with E-state index in [2.05, 4.69) is 62.0 Å². The fourth-order valence-electron chi connectivity index (χ4n) is 3.52. The van der Waals surface area contributed by atoms with Crippen molar-refractivity contribution in [3.8, 4) is 0 Å². The Labute approximate surface area is 154 Å². The number of unbranched alkanes of at least 4 members (excludes halogenated alkanes) is 6. The summed E-state index contributed by atoms with van der Waals surface area (Å²) in [7, 11) is -2.33. The van der Waals surface area contributed by atoms with Crippen LogP contribution in [0.3, 0.4) is 0 Å². The lowest BCUT2D eigenvalue weighted by Gasteiger charge is -2.27. The monoisotopic (exact) mass is 352 g/mol. The van der Waals surface area contributed by atoms with Crippen LogP contribution in [0, 0.1) is 0 Å². The molecule has 0 heterocycles. The van der Waals surface area contributed by atoms with Crippen molar-refractivity contribution < 1.29 is 4.79 Å². The minimum atomic E-state index is -2.33. The molecular formula is C23H32OSi. The highest BCUT2D eigenvalue weighted by Crippen LogP contribution is 2.14. The highest BCUT2D eigenvalue weighted by molar-refractivity contribution is 7.21. The summed E-state index contributed by atoms with van der Waals surface area (Å²) in [5.41, 5.74) is 0. The first-order valence-corrected chi connectivity index (χ1v) is 12.3. The number of benzene rings is 2. The lowest BCUT2D eigenvalue weighted by molar-refractivity contribution is -0.112. The van der Waals surface area contributed by atoms with Crippen molar-refractivity contribution in [3.63, 3.8) is 0 Å². The number of carbonyl (C=O) groups is 1. The van der Waals surface area contributed by atoms with E-state index in [-0.39, 0.29) is 0 Å². The minimum absolute atomic E-state index is 0.471. The standard InChI is InChI=1S/C23H32OSi/c1-3-4-5-6-7-8-15-20-23(24)25(2,21-16-11-9-12-17-21)22-18-13-10-14-19-22/h9-14,16-19H,3-8,15,20H2,1-2H3. The molecule has 0 N–H and O–H groups in total. The van der Waals surface area contributed by atoms with Crippen LogP contribution in [0.1, 0.15) is 58.3 Å². The molecule has 0 saturated heterocycles. The predicted octanol–water partition coefficient (Wildman–Crippen LogP) is 5.13. The van der Waals surface area contributed by atoms with E-state index in [0.29, 0.717) is 5.41 Å². The Balaban J connectivity index is 2.03. The molecule has 0 radical (unpaired) electrons. The van der Waals surface area contributed by atoms with Crippen LogP contribution < -0.4 is 10.4 Å². The van der Waals surface area contributed by atoms with Gasteiger partial charge in [-0.2, -0.15) is 0 Å². The van der Waals surface area contributed by atoms with Gasteiger partial charge in [0.15, 0.2) is 8.07 Å². The Morgan fingerprint density at radius 1 is 0.720 bits per heavy atom. The summed E-state index contributed by atoms with van der Waals surface area (Å²) >= 11 is 0. The first kappa shape index (κ1) is 19.6. The van der Waals surface area contributed by atoms with Gasteiger partial charge in [-0.05, 0) is 16.8 Å². The molecule has 0 aliphatic carbocycles. The lowest BCUT2D eigenvalue weighted by atomic mass is 10.1. The number of carbonyl (C=O) groups excluding carboxylic acids is 1. The molecule has 134 valence electrons. The van der Waals surface area contributed by atoms with E-state index in [1.165, 1.54) is 48.9 Å². The van der Waals surface area contributed by atoms with Crippen molar-refractivity contribution in [3.05, 3.63) is 60.7 Å². The normalized spacial score (nSPS) is 11.4. The molecule has 1 nitrogen and oxygen atoms in total. The summed E-state index contributed by atoms with van der Waals surface area (Å²) in [5.74, 6) is 0. The van der Waals surface area contributed by atoms with Gasteiger partial charge >= 0.3 is 0 Å². The van der Waals surface area contributed by atoms with E-state index in [1.807, 2.05) is 12.1 Å². The zero-order valence-corrected chi connectivity index (χ0v) is 16.8. The van der Waals surface area contributed by atoms with E-state index >= 15 is 0 Å². The van der Waals surface area contributed by atoms with Gasteiger partial charge in [-0.1, -0.05) is 113 Å². The SMILES string of the molecule is CCCCCCCCCC(=O)[Si](C)(c1ccccc1)c1ccccc1. The third kappa shape index (κ3) is 5.40. The maximum atomic E-state index is 13.3. The Morgan fingerprint density at radius 3 is 1.64 bits per heavy atom. The molecule has 2 heteroatoms. The molecule has 25 heavy (non-hydrogen) atoms. The van der Waals surface area contributed by atoms with Gasteiger partial charge in [0.25, 0.3) is 0 Å². The quantitative estimate of drug-likeness (QED) is 0.405. The van der Waals surface area contributed by atoms with Crippen LogP contribution in [0.5, 0.6) is 0 Å². The molecule has 0 fully saturated rings. The molecule has 0 saturated carbocycles. The van der Waals surface area contributed by atoms with E-state index in [0.717, 1.165) is 12.8 Å². The van der Waals surface area contributed by atoms with Crippen LogP contribution in [-0.4, -0.2) is 13.5 Å². The summed E-state index contributed by atoms with van der Waals surface area (Å²) in [6.45, 7) is 4.47. The Bertz CT molecular complexity index is 582. The number of hydrogen-bond acceptors (Lipinski definition) is 1. The molecular weight excluding hydrogens is 320 g/mol. The lowest BCUT2D eigenvalue weighted by Crippen LogP contribution is -2.62. The van der Waals surface area contributed by atoms with Crippen LogP contribution >= 0.6 is 0 Å². The third-order valence-electron chi connectivity index (χ3n) is 5.27. The zero-order valence-electron chi connectivity index (χ0n) is 15.8. The van der Waals surface area contributed by atoms with Crippen molar-refractivity contribution in [1.82, 2.24) is 0 Å². The molecule has 0 amide bonds. The average molecular weight is 353 g/mol. The second kappa shape index (κ2) is 10.3. The molecule has 2 aromatic carbocycles. The molecule has 0 aliphatic rings. The molecule has 0 aliphatic heterocycles. The van der Waals surface area contributed by atoms with Gasteiger partial charge in [-0.3, -0.25) is 0 Å². The molecule has 0 unspecified atom stereocenters. The Hall–Kier alpha value is -1.67. The van der Waals surface area contributed by atoms with Crippen molar-refractivity contribution in [1.29, 1.82) is 0 Å². The van der Waals surface area contributed by atoms with Gasteiger partial charge in [0, 0.05) is 6.42 Å². The van der Waals surface area contributed by atoms with E-state index < -0.39 is 8.07 Å². The zero-order chi connectivity index (χ0) is 18.0. The largest absolute Gasteiger partial charge is 0.305 e. The molecule has 0 bridgehead atoms. The van der Waals surface area contributed by atoms with Crippen molar-refractivity contribution in [2.45, 2.75) is 64.8 Å². The summed E-state index contributed by atoms with van der Waals surface area (Å²) in [5, 5.41) is 2.93. The van der Waals surface area contributed by atoms with Crippen LogP contribution in [0.15, 0.2) is 60.7 Å². The van der Waals surface area contributed by atoms with Gasteiger partial charge in [0.1, 0.15) is 5.41 Å². The summed E-state index contributed by atoms with van der Waals surface area (Å²) in [6.07, 6.45) is 9.49. The smallest absolute Gasteiger partial charge is 0.190 e. The van der Waals surface area contributed by atoms with Gasteiger partial charge in [-0.15, -0.1) is 0 Å². The fourth-order valence-corrected chi connectivity index (χ4v) is 6.90. The van der Waals surface area contributed by atoms with E-state index in [9.17, 15) is 4.79 Å². The maximum absolute atomic E-state index is 13.3. The van der Waals surface area contributed by atoms with Gasteiger partial charge < -0.3 is 4.79 Å². The second-order valence-corrected chi connectivity index (χ2v) is 11.1. The maximum Gasteiger partial charge on any atom is 0.190 e. The fraction of sp³-hybridized carbons (Fsp3) is 0.435. The summed E-state index contributed by atoms with van der Waals surface area (Å²) < 4.78 is 0. The predicted molar refractivity (Wildman–Crippen MR) is 111 cm³/mol. The average Bonchev–Trinajstić information content (AvgIpc) is 2.67. The van der Waals surface area contributed by atoms with Gasteiger partial charge in [0.2, 0.25) is 0 Å². The second-order valence-electron chi connectivity index (χ2n) is 7.15. The molecule has 0 spiro atoms. The van der Waals surface area contributed by atoms with Crippen LogP contribution in [0.2, 0.25) is 6.55 Å². The number of hydrogen-bond donors (Lipinski definition) is 0. The summed E-state index contributed by atoms with van der Waals surface area (Å²) in [6, 6.07) is 20.9. The number of rotatable bonds is 11. The van der Waals surface area contributed by atoms with Crippen LogP contribution in [-0.2, 0) is 4.79 Å². The Kier molecular flexibility index (Phi) is 8.13. The van der Waals surface area contributed by atoms with Crippen LogP contribution in [0.25, 0.3) is 0 Å². The molecule has 2 aromatic rings. The van der Waals surface area contributed by atoms with Gasteiger partial charge in [-0.25, -0.2) is 0 Å². The molecule has 0 aromatic heterocycles. The van der Waals surface area contributed by atoms with E-state index in [4.69, 9.17) is 0 Å². The first-order chi connectivity index (χ1) is 12.2. The van der Waals surface area contributed by atoms with Gasteiger partial charge in [0.05, 0.1) is 0 Å². The molecule has 2 rings (SSSR count). The highest BCUT2D eigenvalue weighted by atomic mass is 28.3. The third-order valence-corrected chi connectivity index (χ3v) is 9.61. The Morgan fingerprint density at radius 2 is 1.16 bits per heavy atom. The minimum Gasteiger partial charge on any atom is -0.305 e. The molecule has 0 atom stereocenters. The van der Waals surface area contributed by atoms with Crippen molar-refractivity contribution in [2.24, 2.45) is 0 Å². The topological polar surface area (TPSA) is 17.1 Å². The van der Waals surface area contributed by atoms with Crippen molar-refractivity contribution in [2.75, 3.05) is 0 Å². The first-order valence-electron chi connectivity index (χ1n) is 9.84. The summed E-state index contributed by atoms with van der Waals surface area (Å²) in [4.78, 5) is 13.3. The van der Waals surface area contributed by atoms with Crippen molar-refractivity contribution >= 4 is 23.9 Å². The van der Waals surface area contributed by atoms with Crippen LogP contribution in [0.4, 0.5) is 0 Å². The van der Waals surface area contributed by atoms with E-state index in [1.54, 1.807) is 0 Å².